The maximum absolute atomic E-state index is 11.0. The minimum Gasteiger partial charge on any atom is -0.465 e. The molecule has 0 saturated heterocycles. The maximum Gasteiger partial charge on any atom is 0.407 e. The summed E-state index contributed by atoms with van der Waals surface area (Å²) in [4.78, 5) is 12.3. The van der Waals surface area contributed by atoms with Crippen LogP contribution in [0.5, 0.6) is 0 Å². The fourth-order valence-electron chi connectivity index (χ4n) is 2.15. The van der Waals surface area contributed by atoms with E-state index in [0.29, 0.717) is 31.6 Å². The molecule has 100 valence electrons. The lowest BCUT2D eigenvalue weighted by Gasteiger charge is -2.23. The number of aromatic nitrogens is 2. The molecule has 19 heavy (non-hydrogen) atoms. The van der Waals surface area contributed by atoms with Gasteiger partial charge in [-0.1, -0.05) is 5.16 Å². The van der Waals surface area contributed by atoms with Crippen LogP contribution in [0.1, 0.15) is 23.4 Å². The molecule has 7 nitrogen and oxygen atoms in total. The lowest BCUT2D eigenvalue weighted by molar-refractivity contribution is 0.140. The van der Waals surface area contributed by atoms with Crippen LogP contribution in [0.3, 0.4) is 0 Å². The molecular formula is C12H14N4O3. The molecule has 2 heterocycles. The molecule has 1 aliphatic heterocycles. The van der Waals surface area contributed by atoms with Crippen LogP contribution in [0.2, 0.25) is 0 Å². The van der Waals surface area contributed by atoms with Crippen molar-refractivity contribution in [1.82, 2.24) is 14.7 Å². The third-order valence-corrected chi connectivity index (χ3v) is 3.06. The first-order valence-corrected chi connectivity index (χ1v) is 5.84. The van der Waals surface area contributed by atoms with Gasteiger partial charge in [-0.15, -0.1) is 12.3 Å². The second-order valence-corrected chi connectivity index (χ2v) is 4.19. The number of hydrogen-bond donors (Lipinski definition) is 2. The summed E-state index contributed by atoms with van der Waals surface area (Å²) in [6.45, 7) is 1.18. The van der Waals surface area contributed by atoms with E-state index in [2.05, 4.69) is 16.2 Å². The van der Waals surface area contributed by atoms with E-state index >= 15 is 0 Å². The van der Waals surface area contributed by atoms with E-state index in [-0.39, 0.29) is 6.54 Å². The van der Waals surface area contributed by atoms with Crippen LogP contribution in [-0.4, -0.2) is 43.8 Å². The molecule has 0 bridgehead atoms. The number of oxime groups is 1. The average Bonchev–Trinajstić information content (AvgIpc) is 2.74. The summed E-state index contributed by atoms with van der Waals surface area (Å²) in [5.41, 5.74) is 2.23. The molecule has 0 aromatic carbocycles. The van der Waals surface area contributed by atoms with E-state index < -0.39 is 6.09 Å². The quantitative estimate of drug-likeness (QED) is 0.364. The SMILES string of the molecule is C#CCCn1nc2c(c1C=NO)CN(C(=O)O)CC2. The van der Waals surface area contributed by atoms with Gasteiger partial charge in [0.15, 0.2) is 0 Å². The number of rotatable bonds is 3. The number of carbonyl (C=O) groups is 1. The number of fused-ring (bicyclic) bond motifs is 1. The van der Waals surface area contributed by atoms with Gasteiger partial charge in [0.2, 0.25) is 0 Å². The highest BCUT2D eigenvalue weighted by molar-refractivity contribution is 5.80. The highest BCUT2D eigenvalue weighted by atomic mass is 16.4. The van der Waals surface area contributed by atoms with Gasteiger partial charge in [0.05, 0.1) is 30.7 Å². The predicted molar refractivity (Wildman–Crippen MR) is 67.2 cm³/mol. The highest BCUT2D eigenvalue weighted by Crippen LogP contribution is 2.21. The monoisotopic (exact) mass is 262 g/mol. The Balaban J connectivity index is 2.35. The fraction of sp³-hybridized carbons (Fsp3) is 0.417. The van der Waals surface area contributed by atoms with E-state index in [1.165, 1.54) is 11.1 Å². The first kappa shape index (κ1) is 13.0. The molecule has 0 radical (unpaired) electrons. The molecule has 1 amide bonds. The zero-order valence-electron chi connectivity index (χ0n) is 10.3. The van der Waals surface area contributed by atoms with E-state index in [1.807, 2.05) is 0 Å². The van der Waals surface area contributed by atoms with E-state index in [1.54, 1.807) is 4.68 Å². The van der Waals surface area contributed by atoms with Crippen molar-refractivity contribution in [1.29, 1.82) is 0 Å². The zero-order valence-corrected chi connectivity index (χ0v) is 10.3. The Bertz CT molecular complexity index is 556. The Morgan fingerprint density at radius 3 is 3.05 bits per heavy atom. The van der Waals surface area contributed by atoms with Gasteiger partial charge in [-0.25, -0.2) is 4.79 Å². The van der Waals surface area contributed by atoms with E-state index in [9.17, 15) is 4.79 Å². The Morgan fingerprint density at radius 1 is 1.63 bits per heavy atom. The Morgan fingerprint density at radius 2 is 2.42 bits per heavy atom. The Labute approximate surface area is 110 Å². The number of hydrogen-bond acceptors (Lipinski definition) is 4. The first-order chi connectivity index (χ1) is 9.17. The van der Waals surface area contributed by atoms with Crippen molar-refractivity contribution in [2.75, 3.05) is 6.54 Å². The van der Waals surface area contributed by atoms with Crippen LogP contribution in [0.25, 0.3) is 0 Å². The first-order valence-electron chi connectivity index (χ1n) is 5.84. The molecule has 0 unspecified atom stereocenters. The summed E-state index contributed by atoms with van der Waals surface area (Å²) in [5.74, 6) is 2.52. The van der Waals surface area contributed by atoms with Crippen LogP contribution >= 0.6 is 0 Å². The number of terminal acetylenes is 1. The summed E-state index contributed by atoms with van der Waals surface area (Å²) in [6, 6.07) is 0. The van der Waals surface area contributed by atoms with Crippen molar-refractivity contribution in [3.63, 3.8) is 0 Å². The van der Waals surface area contributed by atoms with E-state index in [4.69, 9.17) is 16.7 Å². The normalized spacial score (nSPS) is 14.4. The molecule has 1 aromatic heterocycles. The van der Waals surface area contributed by atoms with Crippen molar-refractivity contribution < 1.29 is 15.1 Å². The van der Waals surface area contributed by atoms with Gasteiger partial charge >= 0.3 is 6.09 Å². The summed E-state index contributed by atoms with van der Waals surface area (Å²) in [7, 11) is 0. The van der Waals surface area contributed by atoms with Crippen molar-refractivity contribution in [3.8, 4) is 12.3 Å². The maximum atomic E-state index is 11.0. The van der Waals surface area contributed by atoms with Crippen LogP contribution in [0.4, 0.5) is 4.79 Å². The molecule has 2 N–H and O–H groups in total. The van der Waals surface area contributed by atoms with Gasteiger partial charge in [0.1, 0.15) is 0 Å². The molecule has 0 spiro atoms. The zero-order chi connectivity index (χ0) is 13.8. The van der Waals surface area contributed by atoms with Crippen molar-refractivity contribution in [3.05, 3.63) is 17.0 Å². The van der Waals surface area contributed by atoms with Crippen molar-refractivity contribution in [2.24, 2.45) is 5.16 Å². The summed E-state index contributed by atoms with van der Waals surface area (Å²) in [5, 5.41) is 25.2. The standard InChI is InChI=1S/C12H14N4O3/c1-2-3-5-16-11(7-13-19)9-8-15(12(17)18)6-4-10(9)14-16/h1,7,19H,3-6,8H2,(H,17,18). The van der Waals surface area contributed by atoms with Gasteiger partial charge in [-0.2, -0.15) is 5.10 Å². The average molecular weight is 262 g/mol. The van der Waals surface area contributed by atoms with Crippen LogP contribution in [0.15, 0.2) is 5.16 Å². The lowest BCUT2D eigenvalue weighted by atomic mass is 10.1. The molecule has 1 aliphatic rings. The molecule has 0 atom stereocenters. The molecule has 0 aliphatic carbocycles. The van der Waals surface area contributed by atoms with Gasteiger partial charge in [-0.05, 0) is 0 Å². The molecule has 1 aromatic rings. The molecule has 7 heteroatoms. The Kier molecular flexibility index (Phi) is 3.71. The third kappa shape index (κ3) is 2.52. The molecular weight excluding hydrogens is 248 g/mol. The van der Waals surface area contributed by atoms with Gasteiger partial charge in [-0.3, -0.25) is 4.68 Å². The summed E-state index contributed by atoms with van der Waals surface area (Å²) < 4.78 is 1.66. The second kappa shape index (κ2) is 5.44. The fourth-order valence-corrected chi connectivity index (χ4v) is 2.15. The number of aryl methyl sites for hydroxylation is 1. The second-order valence-electron chi connectivity index (χ2n) is 4.19. The molecule has 0 saturated carbocycles. The van der Waals surface area contributed by atoms with Crippen LogP contribution in [0, 0.1) is 12.3 Å². The summed E-state index contributed by atoms with van der Waals surface area (Å²) in [6.07, 6.45) is 6.59. The lowest BCUT2D eigenvalue weighted by Crippen LogP contribution is -2.34. The number of carboxylic acid groups (broad SMARTS) is 1. The number of nitrogens with zero attached hydrogens (tertiary/aromatic N) is 4. The van der Waals surface area contributed by atoms with Crippen LogP contribution in [-0.2, 0) is 19.5 Å². The van der Waals surface area contributed by atoms with Crippen molar-refractivity contribution >= 4 is 12.3 Å². The van der Waals surface area contributed by atoms with E-state index in [0.717, 1.165) is 11.3 Å². The largest absolute Gasteiger partial charge is 0.465 e. The van der Waals surface area contributed by atoms with Gasteiger partial charge in [0, 0.05) is 24.9 Å². The smallest absolute Gasteiger partial charge is 0.407 e. The third-order valence-electron chi connectivity index (χ3n) is 3.06. The highest BCUT2D eigenvalue weighted by Gasteiger charge is 2.26. The van der Waals surface area contributed by atoms with Gasteiger partial charge in [0.25, 0.3) is 0 Å². The Hall–Kier alpha value is -2.49. The predicted octanol–water partition coefficient (Wildman–Crippen LogP) is 0.751. The molecule has 2 rings (SSSR count). The van der Waals surface area contributed by atoms with Gasteiger partial charge < -0.3 is 15.2 Å². The van der Waals surface area contributed by atoms with Crippen LogP contribution < -0.4 is 0 Å². The van der Waals surface area contributed by atoms with Crippen molar-refractivity contribution in [2.45, 2.75) is 25.9 Å². The molecule has 0 fully saturated rings. The minimum atomic E-state index is -0.964. The number of amides is 1. The minimum absolute atomic E-state index is 0.252. The topological polar surface area (TPSA) is 91.0 Å². The summed E-state index contributed by atoms with van der Waals surface area (Å²) >= 11 is 0.